The number of para-hydroxylation sites is 1. The van der Waals surface area contributed by atoms with E-state index in [4.69, 9.17) is 0 Å². The number of aromatic amines is 1. The van der Waals surface area contributed by atoms with Gasteiger partial charge in [-0.1, -0.05) is 18.2 Å². The molecule has 3 aromatic rings. The fourth-order valence-electron chi connectivity index (χ4n) is 3.73. The molecule has 5 nitrogen and oxygen atoms in total. The van der Waals surface area contributed by atoms with Crippen molar-refractivity contribution in [2.24, 2.45) is 0 Å². The molecule has 1 aromatic carbocycles. The normalized spacial score (nSPS) is 15.5. The zero-order valence-corrected chi connectivity index (χ0v) is 15.1. The maximum absolute atomic E-state index is 12.8. The van der Waals surface area contributed by atoms with Gasteiger partial charge in [-0.25, -0.2) is 0 Å². The van der Waals surface area contributed by atoms with Crippen LogP contribution in [0.3, 0.4) is 0 Å². The molecule has 0 unspecified atom stereocenters. The topological polar surface area (TPSA) is 52.2 Å². The molecule has 1 N–H and O–H groups in total. The van der Waals surface area contributed by atoms with E-state index in [1.54, 1.807) is 0 Å². The van der Waals surface area contributed by atoms with Crippen LogP contribution in [0, 0.1) is 6.92 Å². The molecule has 4 rings (SSSR count). The van der Waals surface area contributed by atoms with Crippen molar-refractivity contribution < 1.29 is 4.79 Å². The molecule has 2 aromatic heterocycles. The number of aromatic nitrogens is 2. The van der Waals surface area contributed by atoms with Gasteiger partial charge in [0, 0.05) is 61.7 Å². The maximum atomic E-state index is 12.8. The van der Waals surface area contributed by atoms with E-state index in [1.165, 1.54) is 5.56 Å². The number of pyridine rings is 1. The van der Waals surface area contributed by atoms with Crippen molar-refractivity contribution in [3.8, 4) is 0 Å². The van der Waals surface area contributed by atoms with Crippen molar-refractivity contribution in [2.45, 2.75) is 19.9 Å². The minimum Gasteiger partial charge on any atom is -0.358 e. The number of nitrogens with one attached hydrogen (secondary N) is 1. The van der Waals surface area contributed by atoms with Gasteiger partial charge in [0.2, 0.25) is 5.91 Å². The summed E-state index contributed by atoms with van der Waals surface area (Å²) < 4.78 is 0. The molecule has 1 fully saturated rings. The average Bonchev–Trinajstić information content (AvgIpc) is 2.98. The van der Waals surface area contributed by atoms with Crippen molar-refractivity contribution in [1.29, 1.82) is 0 Å². The van der Waals surface area contributed by atoms with Gasteiger partial charge >= 0.3 is 0 Å². The number of amides is 1. The molecule has 134 valence electrons. The van der Waals surface area contributed by atoms with Crippen LogP contribution < -0.4 is 0 Å². The van der Waals surface area contributed by atoms with Gasteiger partial charge in [0.1, 0.15) is 0 Å². The fourth-order valence-corrected chi connectivity index (χ4v) is 3.73. The van der Waals surface area contributed by atoms with Gasteiger partial charge in [0.15, 0.2) is 0 Å². The summed E-state index contributed by atoms with van der Waals surface area (Å²) in [5, 5.41) is 1.16. The van der Waals surface area contributed by atoms with Crippen LogP contribution in [0.4, 0.5) is 0 Å². The summed E-state index contributed by atoms with van der Waals surface area (Å²) in [5.41, 5.74) is 4.60. The highest BCUT2D eigenvalue weighted by atomic mass is 16.2. The zero-order valence-electron chi connectivity index (χ0n) is 15.1. The number of carbonyl (C=O) groups excluding carboxylic acids is 1. The molecular weight excluding hydrogens is 324 g/mol. The fraction of sp³-hybridized carbons (Fsp3) is 0.333. The van der Waals surface area contributed by atoms with Gasteiger partial charge in [-0.15, -0.1) is 0 Å². The molecule has 1 saturated heterocycles. The van der Waals surface area contributed by atoms with Gasteiger partial charge in [-0.05, 0) is 36.2 Å². The van der Waals surface area contributed by atoms with Gasteiger partial charge in [0.25, 0.3) is 0 Å². The van der Waals surface area contributed by atoms with Gasteiger partial charge in [-0.3, -0.25) is 14.7 Å². The molecule has 26 heavy (non-hydrogen) atoms. The highest BCUT2D eigenvalue weighted by Crippen LogP contribution is 2.23. The van der Waals surface area contributed by atoms with Crippen LogP contribution in [-0.2, 0) is 17.8 Å². The molecule has 0 spiro atoms. The van der Waals surface area contributed by atoms with E-state index in [0.29, 0.717) is 6.42 Å². The Morgan fingerprint density at radius 3 is 2.58 bits per heavy atom. The quantitative estimate of drug-likeness (QED) is 0.789. The lowest BCUT2D eigenvalue weighted by Gasteiger charge is -2.34. The Hall–Kier alpha value is -2.66. The smallest absolute Gasteiger partial charge is 0.227 e. The van der Waals surface area contributed by atoms with E-state index in [-0.39, 0.29) is 5.91 Å². The lowest BCUT2D eigenvalue weighted by atomic mass is 10.1. The molecule has 0 saturated carbocycles. The number of H-pyrrole nitrogens is 1. The monoisotopic (exact) mass is 348 g/mol. The lowest BCUT2D eigenvalue weighted by molar-refractivity contribution is -0.132. The summed E-state index contributed by atoms with van der Waals surface area (Å²) in [6, 6.07) is 12.3. The van der Waals surface area contributed by atoms with Gasteiger partial charge in [0.05, 0.1) is 6.42 Å². The highest BCUT2D eigenvalue weighted by Gasteiger charge is 2.22. The minimum absolute atomic E-state index is 0.224. The Kier molecular flexibility index (Phi) is 4.71. The summed E-state index contributed by atoms with van der Waals surface area (Å²) in [4.78, 5) is 24.7. The molecule has 0 atom stereocenters. The van der Waals surface area contributed by atoms with Crippen LogP contribution in [0.25, 0.3) is 10.9 Å². The number of rotatable bonds is 4. The molecule has 3 heterocycles. The Bertz CT molecular complexity index is 895. The van der Waals surface area contributed by atoms with Gasteiger partial charge in [-0.2, -0.15) is 0 Å². The maximum Gasteiger partial charge on any atom is 0.227 e. The number of hydrogen-bond acceptors (Lipinski definition) is 3. The Morgan fingerprint density at radius 2 is 1.81 bits per heavy atom. The zero-order chi connectivity index (χ0) is 17.9. The van der Waals surface area contributed by atoms with E-state index < -0.39 is 0 Å². The molecule has 0 aliphatic carbocycles. The van der Waals surface area contributed by atoms with E-state index in [9.17, 15) is 4.79 Å². The molecule has 0 bridgehead atoms. The third kappa shape index (κ3) is 3.48. The Morgan fingerprint density at radius 1 is 1.08 bits per heavy atom. The number of nitrogens with zero attached hydrogens (tertiary/aromatic N) is 3. The first-order valence-corrected chi connectivity index (χ1v) is 9.16. The Balaban J connectivity index is 1.37. The van der Waals surface area contributed by atoms with Crippen molar-refractivity contribution in [2.75, 3.05) is 26.2 Å². The van der Waals surface area contributed by atoms with Crippen LogP contribution in [0.5, 0.6) is 0 Å². The molecule has 1 aliphatic rings. The second-order valence-electron chi connectivity index (χ2n) is 6.96. The number of hydrogen-bond donors (Lipinski definition) is 1. The third-order valence-corrected chi connectivity index (χ3v) is 5.24. The summed E-state index contributed by atoms with van der Waals surface area (Å²) >= 11 is 0. The number of carbonyl (C=O) groups is 1. The summed E-state index contributed by atoms with van der Waals surface area (Å²) in [6.45, 7) is 6.40. The molecule has 1 aliphatic heterocycles. The molecule has 5 heteroatoms. The van der Waals surface area contributed by atoms with Crippen molar-refractivity contribution in [3.05, 3.63) is 65.6 Å². The van der Waals surface area contributed by atoms with Gasteiger partial charge < -0.3 is 9.88 Å². The number of fused-ring (bicyclic) bond motifs is 1. The first kappa shape index (κ1) is 16.8. The predicted octanol–water partition coefficient (Wildman–Crippen LogP) is 2.76. The number of piperazine rings is 1. The number of aryl methyl sites for hydroxylation is 1. The van der Waals surface area contributed by atoms with E-state index >= 15 is 0 Å². The van der Waals surface area contributed by atoms with Crippen LogP contribution in [-0.4, -0.2) is 51.9 Å². The molecule has 0 radical (unpaired) electrons. The second-order valence-corrected chi connectivity index (χ2v) is 6.96. The number of benzene rings is 1. The SMILES string of the molecule is Cc1[nH]c2ccccc2c1CC(=O)N1CCN(Cc2ccncc2)CC1. The Labute approximate surface area is 153 Å². The van der Waals surface area contributed by atoms with Crippen LogP contribution in [0.2, 0.25) is 0 Å². The van der Waals surface area contributed by atoms with Crippen LogP contribution in [0.1, 0.15) is 16.8 Å². The molecular formula is C21H24N4O. The summed E-state index contributed by atoms with van der Waals surface area (Å²) in [6.07, 6.45) is 4.14. The van der Waals surface area contributed by atoms with E-state index in [0.717, 1.165) is 54.9 Å². The second kappa shape index (κ2) is 7.30. The van der Waals surface area contributed by atoms with Crippen LogP contribution >= 0.6 is 0 Å². The van der Waals surface area contributed by atoms with E-state index in [2.05, 4.69) is 46.1 Å². The first-order chi connectivity index (χ1) is 12.7. The highest BCUT2D eigenvalue weighted by molar-refractivity contribution is 5.90. The summed E-state index contributed by atoms with van der Waals surface area (Å²) in [7, 11) is 0. The average molecular weight is 348 g/mol. The summed E-state index contributed by atoms with van der Waals surface area (Å²) in [5.74, 6) is 0.224. The van der Waals surface area contributed by atoms with Crippen LogP contribution in [0.15, 0.2) is 48.8 Å². The molecule has 1 amide bonds. The standard InChI is InChI=1S/C21H24N4O/c1-16-19(18-4-2-3-5-20(18)23-16)14-21(26)25-12-10-24(11-13-25)15-17-6-8-22-9-7-17/h2-9,23H,10-15H2,1H3. The van der Waals surface area contributed by atoms with Crippen molar-refractivity contribution in [3.63, 3.8) is 0 Å². The van der Waals surface area contributed by atoms with Crippen molar-refractivity contribution in [1.82, 2.24) is 19.8 Å². The first-order valence-electron chi connectivity index (χ1n) is 9.16. The largest absolute Gasteiger partial charge is 0.358 e. The lowest BCUT2D eigenvalue weighted by Crippen LogP contribution is -2.48. The minimum atomic E-state index is 0.224. The third-order valence-electron chi connectivity index (χ3n) is 5.24. The predicted molar refractivity (Wildman–Crippen MR) is 103 cm³/mol. The van der Waals surface area contributed by atoms with E-state index in [1.807, 2.05) is 29.4 Å². The van der Waals surface area contributed by atoms with Crippen molar-refractivity contribution >= 4 is 16.8 Å².